The molecule has 2 unspecified atom stereocenters. The van der Waals surface area contributed by atoms with Crippen LogP contribution in [0.2, 0.25) is 0 Å². The zero-order valence-electron chi connectivity index (χ0n) is 11.5. The Labute approximate surface area is 109 Å². The zero-order valence-corrected chi connectivity index (χ0v) is 11.5. The molecule has 1 heterocycles. The smallest absolute Gasteiger partial charge is 0.191 e. The van der Waals surface area contributed by atoms with Crippen molar-refractivity contribution in [2.45, 2.75) is 46.1 Å². The summed E-state index contributed by atoms with van der Waals surface area (Å²) in [5.74, 6) is 0.491. The second kappa shape index (κ2) is 5.66. The lowest BCUT2D eigenvalue weighted by molar-refractivity contribution is 0.0579. The Bertz CT molecular complexity index is 437. The lowest BCUT2D eigenvalue weighted by Crippen LogP contribution is -2.25. The largest absolute Gasteiger partial charge is 0.370 e. The molecule has 0 bridgehead atoms. The van der Waals surface area contributed by atoms with E-state index < -0.39 is 0 Å². The Morgan fingerprint density at radius 1 is 1.28 bits per heavy atom. The Morgan fingerprint density at radius 2 is 2.00 bits per heavy atom. The van der Waals surface area contributed by atoms with Gasteiger partial charge in [0.25, 0.3) is 0 Å². The van der Waals surface area contributed by atoms with E-state index in [1.54, 1.807) is 0 Å². The maximum Gasteiger partial charge on any atom is 0.191 e. The first kappa shape index (κ1) is 13.3. The highest BCUT2D eigenvalue weighted by molar-refractivity contribution is 6.00. The highest BCUT2D eigenvalue weighted by atomic mass is 16.5. The normalized spacial score (nSPS) is 23.3. The fourth-order valence-electron chi connectivity index (χ4n) is 2.65. The highest BCUT2D eigenvalue weighted by Crippen LogP contribution is 2.24. The molecular weight excluding hydrogens is 224 g/mol. The molecule has 0 aromatic heterocycles. The molecule has 0 spiro atoms. The number of carbonyl (C=O) groups is 1. The predicted molar refractivity (Wildman–Crippen MR) is 73.0 cm³/mol. The van der Waals surface area contributed by atoms with E-state index in [0.717, 1.165) is 24.8 Å². The van der Waals surface area contributed by atoms with Crippen LogP contribution < -0.4 is 0 Å². The van der Waals surface area contributed by atoms with E-state index in [2.05, 4.69) is 32.9 Å². The minimum Gasteiger partial charge on any atom is -0.370 e. The van der Waals surface area contributed by atoms with Crippen molar-refractivity contribution in [2.24, 2.45) is 5.92 Å². The molecule has 2 nitrogen and oxygen atoms in total. The molecule has 0 N–H and O–H groups in total. The van der Waals surface area contributed by atoms with Crippen molar-refractivity contribution in [3.8, 4) is 0 Å². The van der Waals surface area contributed by atoms with Crippen LogP contribution in [0.1, 0.15) is 48.7 Å². The number of hydrogen-bond donors (Lipinski definition) is 0. The van der Waals surface area contributed by atoms with Gasteiger partial charge in [0.2, 0.25) is 0 Å². The van der Waals surface area contributed by atoms with Crippen LogP contribution in [0.3, 0.4) is 0 Å². The summed E-state index contributed by atoms with van der Waals surface area (Å²) in [4.78, 5) is 12.4. The molecule has 18 heavy (non-hydrogen) atoms. The number of rotatable bonds is 4. The van der Waals surface area contributed by atoms with Gasteiger partial charge in [0.1, 0.15) is 6.10 Å². The number of ketones is 1. The molecule has 98 valence electrons. The monoisotopic (exact) mass is 246 g/mol. The first-order valence-corrected chi connectivity index (χ1v) is 6.95. The molecule has 2 atom stereocenters. The molecule has 1 aliphatic rings. The molecule has 0 saturated carbocycles. The standard InChI is InChI=1S/C16H22O2/c1-4-12-6-7-14(10-13(12)5-2)15(17)16-11(3)8-9-18-16/h6-7,10-11,16H,4-5,8-9H2,1-3H3. The van der Waals surface area contributed by atoms with Gasteiger partial charge in [0.15, 0.2) is 5.78 Å². The van der Waals surface area contributed by atoms with Crippen LogP contribution in [-0.2, 0) is 17.6 Å². The van der Waals surface area contributed by atoms with E-state index in [9.17, 15) is 4.79 Å². The van der Waals surface area contributed by atoms with E-state index in [4.69, 9.17) is 4.74 Å². The second-order valence-corrected chi connectivity index (χ2v) is 5.11. The fraction of sp³-hybridized carbons (Fsp3) is 0.562. The Kier molecular flexibility index (Phi) is 4.18. The molecule has 2 heteroatoms. The van der Waals surface area contributed by atoms with Crippen LogP contribution in [0, 0.1) is 5.92 Å². The van der Waals surface area contributed by atoms with Gasteiger partial charge < -0.3 is 4.74 Å². The lowest BCUT2D eigenvalue weighted by Gasteiger charge is -2.15. The summed E-state index contributed by atoms with van der Waals surface area (Å²) in [6.07, 6.45) is 2.76. The summed E-state index contributed by atoms with van der Waals surface area (Å²) in [5, 5.41) is 0. The van der Waals surface area contributed by atoms with E-state index in [0.29, 0.717) is 12.5 Å². The molecule has 0 aliphatic carbocycles. The van der Waals surface area contributed by atoms with Gasteiger partial charge in [-0.05, 0) is 42.4 Å². The zero-order chi connectivity index (χ0) is 13.1. The van der Waals surface area contributed by atoms with Crippen molar-refractivity contribution in [1.82, 2.24) is 0 Å². The maximum absolute atomic E-state index is 12.4. The summed E-state index contributed by atoms with van der Waals surface area (Å²) in [6.45, 7) is 7.09. The SMILES string of the molecule is CCc1ccc(C(=O)C2OCCC2C)cc1CC. The first-order chi connectivity index (χ1) is 8.67. The Hall–Kier alpha value is -1.15. The average Bonchev–Trinajstić information content (AvgIpc) is 2.83. The van der Waals surface area contributed by atoms with Crippen LogP contribution in [0.15, 0.2) is 18.2 Å². The second-order valence-electron chi connectivity index (χ2n) is 5.11. The number of Topliss-reactive ketones (excluding diaryl/α,β-unsaturated/α-hetero) is 1. The van der Waals surface area contributed by atoms with E-state index >= 15 is 0 Å². The van der Waals surface area contributed by atoms with Crippen molar-refractivity contribution >= 4 is 5.78 Å². The number of carbonyl (C=O) groups excluding carboxylic acids is 1. The first-order valence-electron chi connectivity index (χ1n) is 6.95. The highest BCUT2D eigenvalue weighted by Gasteiger charge is 2.31. The number of aryl methyl sites for hydroxylation is 2. The molecule has 0 radical (unpaired) electrons. The number of hydrogen-bond acceptors (Lipinski definition) is 2. The Morgan fingerprint density at radius 3 is 2.56 bits per heavy atom. The summed E-state index contributed by atoms with van der Waals surface area (Å²) < 4.78 is 5.56. The van der Waals surface area contributed by atoms with Crippen LogP contribution >= 0.6 is 0 Å². The molecule has 1 aliphatic heterocycles. The predicted octanol–water partition coefficient (Wildman–Crippen LogP) is 3.42. The van der Waals surface area contributed by atoms with Gasteiger partial charge in [0, 0.05) is 12.2 Å². The summed E-state index contributed by atoms with van der Waals surface area (Å²) >= 11 is 0. The fourth-order valence-corrected chi connectivity index (χ4v) is 2.65. The van der Waals surface area contributed by atoms with E-state index in [1.807, 2.05) is 6.07 Å². The molecule has 1 saturated heterocycles. The van der Waals surface area contributed by atoms with Gasteiger partial charge in [-0.1, -0.05) is 32.9 Å². The third-order valence-corrected chi connectivity index (χ3v) is 3.90. The summed E-state index contributed by atoms with van der Waals surface area (Å²) in [6, 6.07) is 6.09. The number of ether oxygens (including phenoxy) is 1. The van der Waals surface area contributed by atoms with Crippen molar-refractivity contribution in [3.63, 3.8) is 0 Å². The van der Waals surface area contributed by atoms with Gasteiger partial charge in [0.05, 0.1) is 0 Å². The van der Waals surface area contributed by atoms with Crippen molar-refractivity contribution in [3.05, 3.63) is 34.9 Å². The van der Waals surface area contributed by atoms with E-state index in [-0.39, 0.29) is 11.9 Å². The van der Waals surface area contributed by atoms with Gasteiger partial charge in [-0.3, -0.25) is 4.79 Å². The molecule has 2 rings (SSSR count). The quantitative estimate of drug-likeness (QED) is 0.761. The third kappa shape index (κ3) is 2.49. The molecule has 1 aromatic carbocycles. The van der Waals surface area contributed by atoms with Gasteiger partial charge in [-0.15, -0.1) is 0 Å². The topological polar surface area (TPSA) is 26.3 Å². The minimum absolute atomic E-state index is 0.150. The van der Waals surface area contributed by atoms with Gasteiger partial charge in [-0.25, -0.2) is 0 Å². The maximum atomic E-state index is 12.4. The molecular formula is C16H22O2. The van der Waals surface area contributed by atoms with Crippen molar-refractivity contribution < 1.29 is 9.53 Å². The van der Waals surface area contributed by atoms with Crippen LogP contribution in [0.5, 0.6) is 0 Å². The minimum atomic E-state index is -0.234. The van der Waals surface area contributed by atoms with Gasteiger partial charge >= 0.3 is 0 Å². The molecule has 1 aromatic rings. The summed E-state index contributed by atoms with van der Waals surface area (Å²) in [5.41, 5.74) is 3.44. The van der Waals surface area contributed by atoms with Crippen LogP contribution in [-0.4, -0.2) is 18.5 Å². The van der Waals surface area contributed by atoms with Gasteiger partial charge in [-0.2, -0.15) is 0 Å². The van der Waals surface area contributed by atoms with Crippen molar-refractivity contribution in [2.75, 3.05) is 6.61 Å². The van der Waals surface area contributed by atoms with E-state index in [1.165, 1.54) is 11.1 Å². The number of benzene rings is 1. The average molecular weight is 246 g/mol. The lowest BCUT2D eigenvalue weighted by atomic mass is 9.93. The molecule has 1 fully saturated rings. The Balaban J connectivity index is 2.25. The third-order valence-electron chi connectivity index (χ3n) is 3.90. The van der Waals surface area contributed by atoms with Crippen LogP contribution in [0.25, 0.3) is 0 Å². The van der Waals surface area contributed by atoms with Crippen molar-refractivity contribution in [1.29, 1.82) is 0 Å². The summed E-state index contributed by atoms with van der Waals surface area (Å²) in [7, 11) is 0. The van der Waals surface area contributed by atoms with Crippen LogP contribution in [0.4, 0.5) is 0 Å². The molecule has 0 amide bonds.